The Morgan fingerprint density at radius 1 is 1.27 bits per heavy atom. The van der Waals surface area contributed by atoms with Crippen molar-refractivity contribution in [3.63, 3.8) is 0 Å². The Morgan fingerprint density at radius 2 is 1.91 bits per heavy atom. The van der Waals surface area contributed by atoms with Crippen molar-refractivity contribution >= 4 is 5.97 Å². The van der Waals surface area contributed by atoms with Crippen molar-refractivity contribution in [2.45, 2.75) is 51.7 Å². The largest absolute Gasteiger partial charge is 0.461 e. The van der Waals surface area contributed by atoms with Crippen LogP contribution in [0.15, 0.2) is 12.7 Å². The Hall–Kier alpha value is -0.910. The van der Waals surface area contributed by atoms with E-state index in [1.165, 1.54) is 0 Å². The Balaban J connectivity index is 2.34. The first-order chi connectivity index (χ1) is 10.3. The summed E-state index contributed by atoms with van der Waals surface area (Å²) < 4.78 is 11.0. The number of hydrogen-bond donors (Lipinski definition) is 1. The molecule has 0 saturated carbocycles. The third-order valence-corrected chi connectivity index (χ3v) is 4.11. The first-order valence-electron chi connectivity index (χ1n) is 8.13. The number of nitrogens with one attached hydrogen (secondary N) is 1. The number of piperazine rings is 1. The summed E-state index contributed by atoms with van der Waals surface area (Å²) in [5, 5.41) is 3.37. The fourth-order valence-electron chi connectivity index (χ4n) is 2.61. The minimum absolute atomic E-state index is 0.113. The molecule has 0 aromatic carbocycles. The maximum atomic E-state index is 11.7. The summed E-state index contributed by atoms with van der Waals surface area (Å²) in [4.78, 5) is 14.2. The Bertz CT molecular complexity index is 361. The molecule has 5 nitrogen and oxygen atoms in total. The molecule has 1 aliphatic heterocycles. The molecule has 0 radical (unpaired) electrons. The van der Waals surface area contributed by atoms with E-state index in [1.54, 1.807) is 6.08 Å². The second-order valence-corrected chi connectivity index (χ2v) is 7.06. The molecule has 0 spiro atoms. The van der Waals surface area contributed by atoms with E-state index in [0.717, 1.165) is 32.6 Å². The van der Waals surface area contributed by atoms with Crippen LogP contribution in [0.5, 0.6) is 0 Å². The molecule has 0 bridgehead atoms. The van der Waals surface area contributed by atoms with Gasteiger partial charge in [0.2, 0.25) is 0 Å². The number of carbonyl (C=O) groups is 1. The molecule has 1 fully saturated rings. The van der Waals surface area contributed by atoms with E-state index in [2.05, 4.69) is 30.6 Å². The van der Waals surface area contributed by atoms with E-state index >= 15 is 0 Å². The monoisotopic (exact) mass is 312 g/mol. The molecule has 0 atom stereocenters. The molecular weight excluding hydrogens is 280 g/mol. The molecule has 1 rings (SSSR count). The predicted molar refractivity (Wildman–Crippen MR) is 88.9 cm³/mol. The van der Waals surface area contributed by atoms with E-state index in [4.69, 9.17) is 9.47 Å². The molecule has 0 amide bonds. The highest BCUT2D eigenvalue weighted by atomic mass is 16.5. The smallest absolute Gasteiger partial charge is 0.309 e. The van der Waals surface area contributed by atoms with Crippen LogP contribution in [0, 0.1) is 0 Å². The number of nitrogens with zero attached hydrogens (tertiary/aromatic N) is 1. The molecule has 0 aliphatic carbocycles. The minimum Gasteiger partial charge on any atom is -0.461 e. The lowest BCUT2D eigenvalue weighted by atomic mass is 9.97. The molecule has 0 unspecified atom stereocenters. The second-order valence-electron chi connectivity index (χ2n) is 7.06. The summed E-state index contributed by atoms with van der Waals surface area (Å²) in [5.74, 6) is -0.244. The summed E-state index contributed by atoms with van der Waals surface area (Å²) in [6.45, 7) is 17.0. The van der Waals surface area contributed by atoms with Crippen molar-refractivity contribution in [1.29, 1.82) is 0 Å². The average Bonchev–Trinajstić information content (AvgIpc) is 2.45. The molecule has 128 valence electrons. The zero-order valence-corrected chi connectivity index (χ0v) is 14.6. The van der Waals surface area contributed by atoms with Gasteiger partial charge in [-0.2, -0.15) is 0 Å². The van der Waals surface area contributed by atoms with E-state index in [-0.39, 0.29) is 24.5 Å². The Labute approximate surface area is 135 Å². The van der Waals surface area contributed by atoms with Crippen molar-refractivity contribution in [2.24, 2.45) is 0 Å². The van der Waals surface area contributed by atoms with Gasteiger partial charge >= 0.3 is 5.97 Å². The van der Waals surface area contributed by atoms with Crippen molar-refractivity contribution in [2.75, 3.05) is 39.4 Å². The van der Waals surface area contributed by atoms with Crippen LogP contribution >= 0.6 is 0 Å². The van der Waals surface area contributed by atoms with Crippen LogP contribution < -0.4 is 5.32 Å². The molecule has 1 N–H and O–H groups in total. The highest BCUT2D eigenvalue weighted by Crippen LogP contribution is 2.22. The third-order valence-electron chi connectivity index (χ3n) is 4.11. The fraction of sp³-hybridized carbons (Fsp3) is 0.824. The number of esters is 1. The van der Waals surface area contributed by atoms with Crippen LogP contribution in [0.25, 0.3) is 0 Å². The second kappa shape index (κ2) is 8.65. The van der Waals surface area contributed by atoms with Gasteiger partial charge < -0.3 is 14.8 Å². The predicted octanol–water partition coefficient (Wildman–Crippen LogP) is 1.97. The van der Waals surface area contributed by atoms with E-state index in [1.807, 2.05) is 13.8 Å². The van der Waals surface area contributed by atoms with Gasteiger partial charge in [-0.05, 0) is 34.1 Å². The molecule has 5 heteroatoms. The highest BCUT2D eigenvalue weighted by molar-refractivity contribution is 5.70. The summed E-state index contributed by atoms with van der Waals surface area (Å²) >= 11 is 0. The van der Waals surface area contributed by atoms with E-state index < -0.39 is 5.60 Å². The first-order valence-corrected chi connectivity index (χ1v) is 8.13. The number of hydrogen-bond acceptors (Lipinski definition) is 5. The lowest BCUT2D eigenvalue weighted by Crippen LogP contribution is -2.53. The standard InChI is InChI=1S/C17H32N2O3/c1-6-12-21-15(20)14-17(4,5)22-13-7-16(2,3)19-10-8-18-9-11-19/h6,18H,1,7-14H2,2-5H3. The molecule has 22 heavy (non-hydrogen) atoms. The van der Waals surface area contributed by atoms with Gasteiger partial charge in [-0.25, -0.2) is 0 Å². The number of rotatable bonds is 9. The van der Waals surface area contributed by atoms with Gasteiger partial charge in [0, 0.05) is 38.3 Å². The maximum absolute atomic E-state index is 11.7. The maximum Gasteiger partial charge on any atom is 0.309 e. The summed E-state index contributed by atoms with van der Waals surface area (Å²) in [5.41, 5.74) is -0.390. The SMILES string of the molecule is C=CCOC(=O)CC(C)(C)OCCC(C)(C)N1CCNCC1. The summed E-state index contributed by atoms with van der Waals surface area (Å²) in [6.07, 6.45) is 2.77. The third kappa shape index (κ3) is 6.90. The average molecular weight is 312 g/mol. The fourth-order valence-corrected chi connectivity index (χ4v) is 2.61. The van der Waals surface area contributed by atoms with Crippen LogP contribution in [0.3, 0.4) is 0 Å². The van der Waals surface area contributed by atoms with Crippen LogP contribution in [0.1, 0.15) is 40.5 Å². The first kappa shape index (κ1) is 19.1. The van der Waals surface area contributed by atoms with E-state index in [0.29, 0.717) is 6.61 Å². The minimum atomic E-state index is -0.502. The number of carbonyl (C=O) groups excluding carboxylic acids is 1. The highest BCUT2D eigenvalue weighted by Gasteiger charge is 2.29. The van der Waals surface area contributed by atoms with Crippen LogP contribution in [-0.4, -0.2) is 61.4 Å². The molecule has 0 aromatic rings. The quantitative estimate of drug-likeness (QED) is 0.521. The molecule has 0 aromatic heterocycles. The van der Waals surface area contributed by atoms with Crippen LogP contribution in [0.2, 0.25) is 0 Å². The van der Waals surface area contributed by atoms with Gasteiger partial charge in [0.1, 0.15) is 6.61 Å². The zero-order valence-electron chi connectivity index (χ0n) is 14.6. The van der Waals surface area contributed by atoms with Crippen LogP contribution in [0.4, 0.5) is 0 Å². The van der Waals surface area contributed by atoms with Gasteiger partial charge in [0.05, 0.1) is 12.0 Å². The van der Waals surface area contributed by atoms with Crippen molar-refractivity contribution in [1.82, 2.24) is 10.2 Å². The molecule has 1 heterocycles. The normalized spacial score (nSPS) is 17.3. The topological polar surface area (TPSA) is 50.8 Å². The van der Waals surface area contributed by atoms with Crippen molar-refractivity contribution in [3.8, 4) is 0 Å². The van der Waals surface area contributed by atoms with Gasteiger partial charge in [-0.15, -0.1) is 0 Å². The van der Waals surface area contributed by atoms with Gasteiger partial charge in [-0.1, -0.05) is 12.7 Å². The molecular formula is C17H32N2O3. The van der Waals surface area contributed by atoms with Gasteiger partial charge in [0.15, 0.2) is 0 Å². The Morgan fingerprint density at radius 3 is 2.50 bits per heavy atom. The van der Waals surface area contributed by atoms with Crippen molar-refractivity contribution in [3.05, 3.63) is 12.7 Å². The van der Waals surface area contributed by atoms with E-state index in [9.17, 15) is 4.79 Å². The van der Waals surface area contributed by atoms with Gasteiger partial charge in [0.25, 0.3) is 0 Å². The summed E-state index contributed by atoms with van der Waals surface area (Å²) in [7, 11) is 0. The van der Waals surface area contributed by atoms with Crippen molar-refractivity contribution < 1.29 is 14.3 Å². The summed E-state index contributed by atoms with van der Waals surface area (Å²) in [6, 6.07) is 0. The lowest BCUT2D eigenvalue weighted by Gasteiger charge is -2.41. The lowest BCUT2D eigenvalue weighted by molar-refractivity contribution is -0.149. The zero-order chi connectivity index (χ0) is 16.6. The molecule has 1 aliphatic rings. The Kier molecular flexibility index (Phi) is 7.53. The van der Waals surface area contributed by atoms with Gasteiger partial charge in [-0.3, -0.25) is 9.69 Å². The number of ether oxygens (including phenoxy) is 2. The molecule has 1 saturated heterocycles. The van der Waals surface area contributed by atoms with Crippen LogP contribution in [-0.2, 0) is 14.3 Å².